The number of carbonyl (C=O) groups excluding carboxylic acids is 1. The number of hydrogen-bond acceptors (Lipinski definition) is 4. The Morgan fingerprint density at radius 1 is 1.41 bits per heavy atom. The van der Waals surface area contributed by atoms with Gasteiger partial charge in [0, 0.05) is 22.0 Å². The van der Waals surface area contributed by atoms with Gasteiger partial charge >= 0.3 is 0 Å². The number of nitriles is 1. The Hall–Kier alpha value is -1.18. The zero-order valence-corrected chi connectivity index (χ0v) is 10.8. The first-order valence-electron chi connectivity index (χ1n) is 5.25. The molecule has 1 aromatic rings. The Labute approximate surface area is 109 Å². The Kier molecular flexibility index (Phi) is 4.29. The molecule has 0 saturated carbocycles. The van der Waals surface area contributed by atoms with Crippen molar-refractivity contribution in [1.82, 2.24) is 0 Å². The Bertz CT molecular complexity index is 476. The van der Waals surface area contributed by atoms with Gasteiger partial charge in [-0.2, -0.15) is 5.26 Å². The maximum absolute atomic E-state index is 11.6. The lowest BCUT2D eigenvalue weighted by molar-refractivity contribution is -0.114. The molecule has 0 aliphatic carbocycles. The average molecular weight is 261 g/mol. The lowest BCUT2D eigenvalue weighted by Gasteiger charge is -2.20. The van der Waals surface area contributed by atoms with Gasteiger partial charge in [-0.3, -0.25) is 4.79 Å². The summed E-state index contributed by atoms with van der Waals surface area (Å²) in [5, 5.41) is 8.74. The van der Waals surface area contributed by atoms with Crippen LogP contribution in [0.25, 0.3) is 0 Å². The second-order valence-corrected chi connectivity index (χ2v) is 6.12. The SMILES string of the molecule is N#CCSC1=CC(=O)C[C@@H](c2ccccc2)S1. The van der Waals surface area contributed by atoms with Crippen LogP contribution in [0.1, 0.15) is 17.2 Å². The van der Waals surface area contributed by atoms with Crippen molar-refractivity contribution in [3.05, 3.63) is 46.2 Å². The second kappa shape index (κ2) is 5.95. The first-order valence-corrected chi connectivity index (χ1v) is 7.12. The van der Waals surface area contributed by atoms with Crippen molar-refractivity contribution in [2.45, 2.75) is 11.7 Å². The summed E-state index contributed by atoms with van der Waals surface area (Å²) in [6.07, 6.45) is 2.21. The number of hydrogen-bond donors (Lipinski definition) is 0. The summed E-state index contributed by atoms with van der Waals surface area (Å²) in [6.45, 7) is 0. The normalized spacial score (nSPS) is 19.6. The molecule has 0 radical (unpaired) electrons. The molecule has 0 aromatic heterocycles. The zero-order valence-electron chi connectivity index (χ0n) is 9.13. The van der Waals surface area contributed by atoms with Crippen molar-refractivity contribution in [3.63, 3.8) is 0 Å². The molecule has 0 spiro atoms. The van der Waals surface area contributed by atoms with E-state index in [2.05, 4.69) is 6.07 Å². The molecule has 17 heavy (non-hydrogen) atoms. The molecule has 2 rings (SSSR count). The quantitative estimate of drug-likeness (QED) is 0.834. The fraction of sp³-hybridized carbons (Fsp3) is 0.231. The Balaban J connectivity index is 2.11. The highest BCUT2D eigenvalue weighted by Gasteiger charge is 2.22. The molecule has 1 aromatic carbocycles. The molecule has 0 fully saturated rings. The molecule has 1 aliphatic rings. The summed E-state index contributed by atoms with van der Waals surface area (Å²) in [6, 6.07) is 12.1. The van der Waals surface area contributed by atoms with Crippen molar-refractivity contribution < 1.29 is 4.79 Å². The number of nitrogens with zero attached hydrogens (tertiary/aromatic N) is 1. The van der Waals surface area contributed by atoms with Crippen LogP contribution in [-0.4, -0.2) is 11.5 Å². The van der Waals surface area contributed by atoms with Gasteiger partial charge in [0.2, 0.25) is 0 Å². The lowest BCUT2D eigenvalue weighted by atomic mass is 10.1. The molecular weight excluding hydrogens is 250 g/mol. The minimum Gasteiger partial charge on any atom is -0.295 e. The lowest BCUT2D eigenvalue weighted by Crippen LogP contribution is -2.07. The molecule has 0 amide bonds. The summed E-state index contributed by atoms with van der Waals surface area (Å²) in [4.78, 5) is 11.6. The summed E-state index contributed by atoms with van der Waals surface area (Å²) in [7, 11) is 0. The predicted octanol–water partition coefficient (Wildman–Crippen LogP) is 3.53. The molecular formula is C13H11NOS2. The van der Waals surface area contributed by atoms with Gasteiger partial charge in [-0.15, -0.1) is 23.5 Å². The monoisotopic (exact) mass is 261 g/mol. The van der Waals surface area contributed by atoms with Crippen LogP contribution in [0, 0.1) is 11.3 Å². The average Bonchev–Trinajstić information content (AvgIpc) is 2.37. The van der Waals surface area contributed by atoms with E-state index < -0.39 is 0 Å². The first-order chi connectivity index (χ1) is 8.29. The number of thioether (sulfide) groups is 2. The van der Waals surface area contributed by atoms with Gasteiger partial charge in [0.1, 0.15) is 0 Å². The van der Waals surface area contributed by atoms with Gasteiger partial charge in [-0.25, -0.2) is 0 Å². The number of benzene rings is 1. The van der Waals surface area contributed by atoms with Gasteiger partial charge < -0.3 is 0 Å². The largest absolute Gasteiger partial charge is 0.295 e. The molecule has 2 nitrogen and oxygen atoms in total. The molecule has 1 aliphatic heterocycles. The highest BCUT2D eigenvalue weighted by atomic mass is 32.2. The van der Waals surface area contributed by atoms with Crippen molar-refractivity contribution in [3.8, 4) is 6.07 Å². The molecule has 1 atom stereocenters. The van der Waals surface area contributed by atoms with Gasteiger partial charge in [-0.05, 0) is 5.56 Å². The predicted molar refractivity (Wildman–Crippen MR) is 72.6 cm³/mol. The molecule has 0 N–H and O–H groups in total. The number of carbonyl (C=O) groups is 1. The van der Waals surface area contributed by atoms with E-state index in [1.165, 1.54) is 17.3 Å². The molecule has 0 unspecified atom stereocenters. The van der Waals surface area contributed by atoms with Gasteiger partial charge in [0.15, 0.2) is 5.78 Å². The second-order valence-electron chi connectivity index (χ2n) is 3.60. The van der Waals surface area contributed by atoms with E-state index >= 15 is 0 Å². The van der Waals surface area contributed by atoms with E-state index in [-0.39, 0.29) is 11.0 Å². The minimum atomic E-state index is 0.151. The highest BCUT2D eigenvalue weighted by molar-refractivity contribution is 8.22. The summed E-state index contributed by atoms with van der Waals surface area (Å²) < 4.78 is 0.955. The van der Waals surface area contributed by atoms with E-state index in [1.54, 1.807) is 17.8 Å². The third-order valence-corrected chi connectivity index (χ3v) is 4.77. The van der Waals surface area contributed by atoms with Gasteiger partial charge in [0.25, 0.3) is 0 Å². The maximum atomic E-state index is 11.6. The molecule has 1 heterocycles. The van der Waals surface area contributed by atoms with Crippen LogP contribution in [0.3, 0.4) is 0 Å². The Morgan fingerprint density at radius 2 is 2.18 bits per heavy atom. The molecule has 0 bridgehead atoms. The van der Waals surface area contributed by atoms with Crippen molar-refractivity contribution in [1.29, 1.82) is 5.26 Å². The van der Waals surface area contributed by atoms with Crippen molar-refractivity contribution in [2.75, 3.05) is 5.75 Å². The maximum Gasteiger partial charge on any atom is 0.158 e. The highest BCUT2D eigenvalue weighted by Crippen LogP contribution is 2.45. The van der Waals surface area contributed by atoms with Crippen molar-refractivity contribution in [2.24, 2.45) is 0 Å². The summed E-state index contributed by atoms with van der Waals surface area (Å²) in [5.41, 5.74) is 1.18. The summed E-state index contributed by atoms with van der Waals surface area (Å²) >= 11 is 3.12. The number of rotatable bonds is 3. The Morgan fingerprint density at radius 3 is 2.88 bits per heavy atom. The third kappa shape index (κ3) is 3.39. The van der Waals surface area contributed by atoms with Crippen LogP contribution in [0.2, 0.25) is 0 Å². The number of ketones is 1. The van der Waals surface area contributed by atoms with E-state index in [0.29, 0.717) is 12.2 Å². The number of allylic oxidation sites excluding steroid dienone is 1. The molecule has 4 heteroatoms. The van der Waals surface area contributed by atoms with Crippen LogP contribution in [-0.2, 0) is 4.79 Å². The molecule has 0 saturated heterocycles. The topological polar surface area (TPSA) is 40.9 Å². The van der Waals surface area contributed by atoms with Crippen molar-refractivity contribution >= 4 is 29.3 Å². The van der Waals surface area contributed by atoms with E-state index in [1.807, 2.05) is 30.3 Å². The van der Waals surface area contributed by atoms with Crippen LogP contribution in [0.15, 0.2) is 40.6 Å². The van der Waals surface area contributed by atoms with Crippen LogP contribution < -0.4 is 0 Å². The standard InChI is InChI=1S/C13H11NOS2/c14-6-7-16-13-9-11(15)8-12(17-13)10-4-2-1-3-5-10/h1-5,9,12H,7-8H2/t12-/m0/s1. The fourth-order valence-corrected chi connectivity index (χ4v) is 3.86. The minimum absolute atomic E-state index is 0.151. The summed E-state index contributed by atoms with van der Waals surface area (Å²) in [5.74, 6) is 0.547. The smallest absolute Gasteiger partial charge is 0.158 e. The van der Waals surface area contributed by atoms with E-state index in [0.717, 1.165) is 4.24 Å². The van der Waals surface area contributed by atoms with Gasteiger partial charge in [0.05, 0.1) is 11.8 Å². The van der Waals surface area contributed by atoms with Crippen LogP contribution >= 0.6 is 23.5 Å². The molecule has 86 valence electrons. The first kappa shape index (κ1) is 12.3. The van der Waals surface area contributed by atoms with Crippen LogP contribution in [0.4, 0.5) is 0 Å². The third-order valence-electron chi connectivity index (χ3n) is 2.37. The van der Waals surface area contributed by atoms with Gasteiger partial charge in [-0.1, -0.05) is 30.3 Å². The van der Waals surface area contributed by atoms with Crippen LogP contribution in [0.5, 0.6) is 0 Å². The zero-order chi connectivity index (χ0) is 12.1. The fourth-order valence-electron chi connectivity index (χ4n) is 1.62. The van der Waals surface area contributed by atoms with E-state index in [4.69, 9.17) is 5.26 Å². The van der Waals surface area contributed by atoms with E-state index in [9.17, 15) is 4.79 Å².